The Labute approximate surface area is 119 Å². The second-order valence-electron chi connectivity index (χ2n) is 6.61. The SMILES string of the molecule is CC(C)(C)CC(C)(C)NS(=O)(=O)c1ccc(CO)s1. The highest BCUT2D eigenvalue weighted by molar-refractivity contribution is 7.91. The van der Waals surface area contributed by atoms with E-state index in [9.17, 15) is 8.42 Å². The van der Waals surface area contributed by atoms with E-state index in [1.165, 1.54) is 6.07 Å². The third-order valence-electron chi connectivity index (χ3n) is 2.44. The lowest BCUT2D eigenvalue weighted by molar-refractivity contribution is 0.269. The standard InChI is InChI=1S/C13H23NO3S2/c1-12(2,3)9-13(4,5)14-19(16,17)11-7-6-10(8-15)18-11/h6-7,14-15H,8-9H2,1-5H3. The van der Waals surface area contributed by atoms with E-state index in [0.29, 0.717) is 4.88 Å². The lowest BCUT2D eigenvalue weighted by Crippen LogP contribution is -2.45. The normalized spacial score (nSPS) is 13.8. The maximum absolute atomic E-state index is 12.3. The van der Waals surface area contributed by atoms with Crippen molar-refractivity contribution in [2.24, 2.45) is 5.41 Å². The molecule has 0 saturated heterocycles. The third kappa shape index (κ3) is 5.22. The smallest absolute Gasteiger partial charge is 0.250 e. The van der Waals surface area contributed by atoms with Gasteiger partial charge in [0.2, 0.25) is 0 Å². The van der Waals surface area contributed by atoms with Crippen molar-refractivity contribution in [3.8, 4) is 0 Å². The first-order chi connectivity index (χ1) is 8.45. The summed E-state index contributed by atoms with van der Waals surface area (Å²) in [5, 5.41) is 9.00. The molecular formula is C13H23NO3S2. The highest BCUT2D eigenvalue weighted by Gasteiger charge is 2.31. The zero-order chi connectivity index (χ0) is 14.9. The zero-order valence-electron chi connectivity index (χ0n) is 12.1. The van der Waals surface area contributed by atoms with Crippen molar-refractivity contribution in [2.75, 3.05) is 0 Å². The molecule has 1 aromatic rings. The van der Waals surface area contributed by atoms with Crippen molar-refractivity contribution in [2.45, 2.75) is 57.4 Å². The topological polar surface area (TPSA) is 66.4 Å². The van der Waals surface area contributed by atoms with Crippen molar-refractivity contribution in [1.82, 2.24) is 4.72 Å². The van der Waals surface area contributed by atoms with E-state index in [1.54, 1.807) is 6.07 Å². The predicted octanol–water partition coefficient (Wildman–Crippen LogP) is 2.73. The van der Waals surface area contributed by atoms with Crippen LogP contribution in [0.1, 0.15) is 45.9 Å². The van der Waals surface area contributed by atoms with Gasteiger partial charge in [-0.25, -0.2) is 13.1 Å². The fourth-order valence-corrected chi connectivity index (χ4v) is 4.99. The van der Waals surface area contributed by atoms with Gasteiger partial charge in [0.25, 0.3) is 10.0 Å². The largest absolute Gasteiger partial charge is 0.391 e. The van der Waals surface area contributed by atoms with Crippen LogP contribution in [-0.2, 0) is 16.6 Å². The van der Waals surface area contributed by atoms with E-state index in [4.69, 9.17) is 5.11 Å². The first kappa shape index (κ1) is 16.6. The van der Waals surface area contributed by atoms with Gasteiger partial charge in [0, 0.05) is 10.4 Å². The second-order valence-corrected chi connectivity index (χ2v) is 9.68. The molecule has 0 saturated carbocycles. The first-order valence-electron chi connectivity index (χ1n) is 6.19. The minimum absolute atomic E-state index is 0.0394. The van der Waals surface area contributed by atoms with Gasteiger partial charge in [-0.05, 0) is 37.8 Å². The summed E-state index contributed by atoms with van der Waals surface area (Å²) in [6.45, 7) is 9.88. The quantitative estimate of drug-likeness (QED) is 0.879. The Balaban J connectivity index is 2.90. The van der Waals surface area contributed by atoms with Crippen molar-refractivity contribution in [3.63, 3.8) is 0 Å². The number of aliphatic hydroxyl groups excluding tert-OH is 1. The molecule has 4 nitrogen and oxygen atoms in total. The molecular weight excluding hydrogens is 282 g/mol. The van der Waals surface area contributed by atoms with Crippen LogP contribution in [0.4, 0.5) is 0 Å². The summed E-state index contributed by atoms with van der Waals surface area (Å²) >= 11 is 1.10. The van der Waals surface area contributed by atoms with Gasteiger partial charge in [-0.1, -0.05) is 20.8 Å². The highest BCUT2D eigenvalue weighted by atomic mass is 32.2. The summed E-state index contributed by atoms with van der Waals surface area (Å²) in [5.74, 6) is 0. The molecule has 1 heterocycles. The van der Waals surface area contributed by atoms with Gasteiger partial charge in [-0.2, -0.15) is 0 Å². The Morgan fingerprint density at radius 1 is 1.21 bits per heavy atom. The molecule has 0 aromatic carbocycles. The molecule has 0 atom stereocenters. The Bertz CT molecular complexity index is 524. The summed E-state index contributed by atoms with van der Waals surface area (Å²) in [5.41, 5.74) is -0.474. The third-order valence-corrected chi connectivity index (χ3v) is 5.70. The molecule has 0 bridgehead atoms. The molecule has 0 aliphatic rings. The van der Waals surface area contributed by atoms with Gasteiger partial charge in [0.05, 0.1) is 6.61 Å². The maximum Gasteiger partial charge on any atom is 0.250 e. The van der Waals surface area contributed by atoms with E-state index < -0.39 is 15.6 Å². The number of nitrogens with one attached hydrogen (secondary N) is 1. The van der Waals surface area contributed by atoms with Gasteiger partial charge in [-0.15, -0.1) is 11.3 Å². The fourth-order valence-electron chi connectivity index (χ4n) is 2.36. The Morgan fingerprint density at radius 2 is 1.79 bits per heavy atom. The van der Waals surface area contributed by atoms with Crippen molar-refractivity contribution in [3.05, 3.63) is 17.0 Å². The van der Waals surface area contributed by atoms with Crippen LogP contribution >= 0.6 is 11.3 Å². The van der Waals surface area contributed by atoms with E-state index in [1.807, 2.05) is 13.8 Å². The number of aliphatic hydroxyl groups is 1. The zero-order valence-corrected chi connectivity index (χ0v) is 13.8. The maximum atomic E-state index is 12.3. The van der Waals surface area contributed by atoms with Crippen LogP contribution in [0.2, 0.25) is 0 Å². The summed E-state index contributed by atoms with van der Waals surface area (Å²) in [6.07, 6.45) is 0.734. The van der Waals surface area contributed by atoms with Crippen molar-refractivity contribution in [1.29, 1.82) is 0 Å². The van der Waals surface area contributed by atoms with E-state index in [2.05, 4.69) is 25.5 Å². The van der Waals surface area contributed by atoms with Gasteiger partial charge in [0.1, 0.15) is 4.21 Å². The molecule has 2 N–H and O–H groups in total. The fraction of sp³-hybridized carbons (Fsp3) is 0.692. The van der Waals surface area contributed by atoms with Gasteiger partial charge in [-0.3, -0.25) is 0 Å². The molecule has 0 aliphatic heterocycles. The molecule has 6 heteroatoms. The number of hydrogen-bond acceptors (Lipinski definition) is 4. The predicted molar refractivity (Wildman–Crippen MR) is 78.7 cm³/mol. The van der Waals surface area contributed by atoms with Crippen LogP contribution in [0.15, 0.2) is 16.3 Å². The number of rotatable bonds is 5. The average molecular weight is 305 g/mol. The Morgan fingerprint density at radius 3 is 2.21 bits per heavy atom. The highest BCUT2D eigenvalue weighted by Crippen LogP contribution is 2.29. The average Bonchev–Trinajstić information content (AvgIpc) is 2.59. The molecule has 0 radical (unpaired) electrons. The Hall–Kier alpha value is -0.430. The van der Waals surface area contributed by atoms with Crippen molar-refractivity contribution < 1.29 is 13.5 Å². The minimum atomic E-state index is -3.52. The van der Waals surface area contributed by atoms with Gasteiger partial charge in [0.15, 0.2) is 0 Å². The van der Waals surface area contributed by atoms with Crippen LogP contribution in [0.3, 0.4) is 0 Å². The summed E-state index contributed by atoms with van der Waals surface area (Å²) in [4.78, 5) is 0.647. The van der Waals surface area contributed by atoms with Gasteiger partial charge < -0.3 is 5.11 Å². The monoisotopic (exact) mass is 305 g/mol. The lowest BCUT2D eigenvalue weighted by Gasteiger charge is -2.32. The van der Waals surface area contributed by atoms with E-state index >= 15 is 0 Å². The number of thiophene rings is 1. The van der Waals surface area contributed by atoms with E-state index in [-0.39, 0.29) is 16.2 Å². The summed E-state index contributed by atoms with van der Waals surface area (Å²) in [6, 6.07) is 3.17. The van der Waals surface area contributed by atoms with Crippen LogP contribution in [0.5, 0.6) is 0 Å². The van der Waals surface area contributed by atoms with Crippen LogP contribution in [-0.4, -0.2) is 19.1 Å². The second kappa shape index (κ2) is 5.52. The molecule has 0 unspecified atom stereocenters. The summed E-state index contributed by atoms with van der Waals surface area (Å²) in [7, 11) is -3.52. The van der Waals surface area contributed by atoms with Gasteiger partial charge >= 0.3 is 0 Å². The number of sulfonamides is 1. The van der Waals surface area contributed by atoms with Crippen LogP contribution in [0, 0.1) is 5.41 Å². The number of hydrogen-bond donors (Lipinski definition) is 2. The molecule has 0 amide bonds. The molecule has 0 spiro atoms. The molecule has 0 fully saturated rings. The van der Waals surface area contributed by atoms with Crippen molar-refractivity contribution >= 4 is 21.4 Å². The first-order valence-corrected chi connectivity index (χ1v) is 8.49. The summed E-state index contributed by atoms with van der Waals surface area (Å²) < 4.78 is 27.6. The van der Waals surface area contributed by atoms with Crippen LogP contribution < -0.4 is 4.72 Å². The lowest BCUT2D eigenvalue weighted by atomic mass is 9.82. The Kier molecular flexibility index (Phi) is 4.83. The molecule has 110 valence electrons. The minimum Gasteiger partial charge on any atom is -0.391 e. The molecule has 1 rings (SSSR count). The molecule has 1 aromatic heterocycles. The molecule has 19 heavy (non-hydrogen) atoms. The van der Waals surface area contributed by atoms with E-state index in [0.717, 1.165) is 17.8 Å². The molecule has 0 aliphatic carbocycles. The van der Waals surface area contributed by atoms with Crippen LogP contribution in [0.25, 0.3) is 0 Å².